The largest absolute Gasteiger partial charge is 0.347 e. The molecule has 3 atom stereocenters. The molecule has 4 heteroatoms. The SMILES string of the molecule is CC(CC1CCCCCN1)NC(C)C(=O)N(C)C. The van der Waals surface area contributed by atoms with E-state index in [1.807, 2.05) is 6.92 Å². The lowest BCUT2D eigenvalue weighted by molar-refractivity contribution is -0.130. The van der Waals surface area contributed by atoms with E-state index >= 15 is 0 Å². The quantitative estimate of drug-likeness (QED) is 0.780. The maximum Gasteiger partial charge on any atom is 0.238 e. The highest BCUT2D eigenvalue weighted by Gasteiger charge is 2.19. The molecule has 0 saturated carbocycles. The molecule has 0 aromatic heterocycles. The van der Waals surface area contributed by atoms with Gasteiger partial charge < -0.3 is 15.5 Å². The molecule has 106 valence electrons. The van der Waals surface area contributed by atoms with E-state index < -0.39 is 0 Å². The second-order valence-electron chi connectivity index (χ2n) is 5.76. The predicted octanol–water partition coefficient (Wildman–Crippen LogP) is 1.36. The molecule has 3 unspecified atom stereocenters. The molecule has 0 spiro atoms. The number of hydrogen-bond acceptors (Lipinski definition) is 3. The van der Waals surface area contributed by atoms with Crippen LogP contribution >= 0.6 is 0 Å². The van der Waals surface area contributed by atoms with E-state index in [0.29, 0.717) is 12.1 Å². The lowest BCUT2D eigenvalue weighted by Gasteiger charge is -2.25. The summed E-state index contributed by atoms with van der Waals surface area (Å²) in [6.07, 6.45) is 6.35. The topological polar surface area (TPSA) is 44.4 Å². The van der Waals surface area contributed by atoms with E-state index in [1.54, 1.807) is 19.0 Å². The summed E-state index contributed by atoms with van der Waals surface area (Å²) in [6, 6.07) is 0.886. The van der Waals surface area contributed by atoms with Gasteiger partial charge in [0.1, 0.15) is 0 Å². The average molecular weight is 255 g/mol. The van der Waals surface area contributed by atoms with E-state index in [9.17, 15) is 4.79 Å². The van der Waals surface area contributed by atoms with Crippen LogP contribution in [0.2, 0.25) is 0 Å². The van der Waals surface area contributed by atoms with Crippen LogP contribution in [0.1, 0.15) is 46.0 Å². The first-order valence-corrected chi connectivity index (χ1v) is 7.21. The smallest absolute Gasteiger partial charge is 0.238 e. The van der Waals surface area contributed by atoms with E-state index in [0.717, 1.165) is 13.0 Å². The molecule has 1 aliphatic rings. The molecule has 4 nitrogen and oxygen atoms in total. The lowest BCUT2D eigenvalue weighted by Crippen LogP contribution is -2.47. The summed E-state index contributed by atoms with van der Waals surface area (Å²) in [5, 5.41) is 7.00. The Balaban J connectivity index is 2.31. The number of likely N-dealkylation sites (N-methyl/N-ethyl adjacent to an activating group) is 1. The van der Waals surface area contributed by atoms with Crippen LogP contribution in [-0.2, 0) is 4.79 Å². The van der Waals surface area contributed by atoms with Crippen LogP contribution in [0.15, 0.2) is 0 Å². The van der Waals surface area contributed by atoms with Gasteiger partial charge in [0, 0.05) is 26.2 Å². The Morgan fingerprint density at radius 2 is 2.06 bits per heavy atom. The number of hydrogen-bond donors (Lipinski definition) is 2. The van der Waals surface area contributed by atoms with Gasteiger partial charge in [-0.15, -0.1) is 0 Å². The Labute approximate surface area is 111 Å². The summed E-state index contributed by atoms with van der Waals surface area (Å²) in [6.45, 7) is 5.26. The highest BCUT2D eigenvalue weighted by Crippen LogP contribution is 2.12. The highest BCUT2D eigenvalue weighted by molar-refractivity contribution is 5.80. The monoisotopic (exact) mass is 255 g/mol. The van der Waals surface area contributed by atoms with Crippen LogP contribution in [0.25, 0.3) is 0 Å². The Morgan fingerprint density at radius 1 is 1.33 bits per heavy atom. The molecule has 1 heterocycles. The fourth-order valence-electron chi connectivity index (χ4n) is 2.68. The maximum absolute atomic E-state index is 11.8. The summed E-state index contributed by atoms with van der Waals surface area (Å²) >= 11 is 0. The fourth-order valence-corrected chi connectivity index (χ4v) is 2.68. The van der Waals surface area contributed by atoms with E-state index in [2.05, 4.69) is 17.6 Å². The zero-order chi connectivity index (χ0) is 13.5. The van der Waals surface area contributed by atoms with Crippen LogP contribution in [0.5, 0.6) is 0 Å². The molecular formula is C14H29N3O. The molecule has 0 aromatic carbocycles. The molecule has 2 N–H and O–H groups in total. The summed E-state index contributed by atoms with van der Waals surface area (Å²) in [5.74, 6) is 0.149. The third-order valence-corrected chi connectivity index (χ3v) is 3.65. The fraction of sp³-hybridized carbons (Fsp3) is 0.929. The second-order valence-corrected chi connectivity index (χ2v) is 5.76. The Kier molecular flexibility index (Phi) is 6.65. The normalized spacial score (nSPS) is 24.1. The van der Waals surface area contributed by atoms with Crippen molar-refractivity contribution in [1.82, 2.24) is 15.5 Å². The van der Waals surface area contributed by atoms with Crippen molar-refractivity contribution in [1.29, 1.82) is 0 Å². The molecule has 1 amide bonds. The molecule has 0 aromatic rings. The number of nitrogens with zero attached hydrogens (tertiary/aromatic N) is 1. The highest BCUT2D eigenvalue weighted by atomic mass is 16.2. The first-order chi connectivity index (χ1) is 8.50. The molecule has 1 aliphatic heterocycles. The van der Waals surface area contributed by atoms with Gasteiger partial charge in [-0.1, -0.05) is 12.8 Å². The predicted molar refractivity (Wildman–Crippen MR) is 75.6 cm³/mol. The van der Waals surface area contributed by atoms with Crippen LogP contribution in [-0.4, -0.2) is 49.6 Å². The van der Waals surface area contributed by atoms with E-state index in [4.69, 9.17) is 0 Å². The van der Waals surface area contributed by atoms with Crippen LogP contribution in [0.3, 0.4) is 0 Å². The lowest BCUT2D eigenvalue weighted by atomic mass is 10.0. The molecule has 0 radical (unpaired) electrons. The Hall–Kier alpha value is -0.610. The Bertz CT molecular complexity index is 247. The third kappa shape index (κ3) is 5.36. The minimum Gasteiger partial charge on any atom is -0.347 e. The van der Waals surface area contributed by atoms with Crippen molar-refractivity contribution in [2.75, 3.05) is 20.6 Å². The number of amides is 1. The summed E-state index contributed by atoms with van der Waals surface area (Å²) < 4.78 is 0. The summed E-state index contributed by atoms with van der Waals surface area (Å²) in [5.41, 5.74) is 0. The van der Waals surface area contributed by atoms with E-state index in [1.165, 1.54) is 25.7 Å². The molecule has 0 bridgehead atoms. The van der Waals surface area contributed by atoms with Gasteiger partial charge in [0.15, 0.2) is 0 Å². The van der Waals surface area contributed by atoms with Crippen molar-refractivity contribution >= 4 is 5.91 Å². The summed E-state index contributed by atoms with van der Waals surface area (Å²) in [4.78, 5) is 13.4. The van der Waals surface area contributed by atoms with Gasteiger partial charge in [-0.3, -0.25) is 4.79 Å². The van der Waals surface area contributed by atoms with Crippen LogP contribution in [0.4, 0.5) is 0 Å². The van der Waals surface area contributed by atoms with Gasteiger partial charge in [0.25, 0.3) is 0 Å². The standard InChI is InChI=1S/C14H29N3O/c1-11(16-12(2)14(18)17(3)4)10-13-8-6-5-7-9-15-13/h11-13,15-16H,5-10H2,1-4H3. The van der Waals surface area contributed by atoms with Crippen molar-refractivity contribution in [2.45, 2.75) is 64.1 Å². The van der Waals surface area contributed by atoms with Gasteiger partial charge in [-0.2, -0.15) is 0 Å². The van der Waals surface area contributed by atoms with Gasteiger partial charge in [-0.05, 0) is 39.7 Å². The minimum atomic E-state index is -0.0965. The third-order valence-electron chi connectivity index (χ3n) is 3.65. The number of nitrogens with one attached hydrogen (secondary N) is 2. The summed E-state index contributed by atoms with van der Waals surface area (Å²) in [7, 11) is 3.61. The number of carbonyl (C=O) groups is 1. The zero-order valence-electron chi connectivity index (χ0n) is 12.3. The molecule has 0 aliphatic carbocycles. The first kappa shape index (κ1) is 15.4. The molecule has 1 saturated heterocycles. The van der Waals surface area contributed by atoms with Gasteiger partial charge in [-0.25, -0.2) is 0 Å². The van der Waals surface area contributed by atoms with Crippen LogP contribution in [0, 0.1) is 0 Å². The number of rotatable bonds is 5. The van der Waals surface area contributed by atoms with Crippen molar-refractivity contribution in [3.05, 3.63) is 0 Å². The number of carbonyl (C=O) groups excluding carboxylic acids is 1. The van der Waals surface area contributed by atoms with Crippen molar-refractivity contribution in [2.24, 2.45) is 0 Å². The maximum atomic E-state index is 11.8. The molecular weight excluding hydrogens is 226 g/mol. The molecule has 1 fully saturated rings. The van der Waals surface area contributed by atoms with Gasteiger partial charge in [0.2, 0.25) is 5.91 Å². The van der Waals surface area contributed by atoms with Crippen LogP contribution < -0.4 is 10.6 Å². The van der Waals surface area contributed by atoms with Crippen molar-refractivity contribution in [3.63, 3.8) is 0 Å². The van der Waals surface area contributed by atoms with E-state index in [-0.39, 0.29) is 11.9 Å². The minimum absolute atomic E-state index is 0.0965. The Morgan fingerprint density at radius 3 is 2.72 bits per heavy atom. The zero-order valence-corrected chi connectivity index (χ0v) is 12.3. The first-order valence-electron chi connectivity index (χ1n) is 7.21. The molecule has 18 heavy (non-hydrogen) atoms. The van der Waals surface area contributed by atoms with Crippen molar-refractivity contribution in [3.8, 4) is 0 Å². The van der Waals surface area contributed by atoms with Gasteiger partial charge >= 0.3 is 0 Å². The second kappa shape index (κ2) is 7.74. The van der Waals surface area contributed by atoms with Gasteiger partial charge in [0.05, 0.1) is 6.04 Å². The van der Waals surface area contributed by atoms with Crippen molar-refractivity contribution < 1.29 is 4.79 Å². The molecule has 1 rings (SSSR count). The average Bonchev–Trinajstić information content (AvgIpc) is 2.56.